The number of sulfonamides is 1. The molecule has 0 radical (unpaired) electrons. The van der Waals surface area contributed by atoms with Gasteiger partial charge in [0, 0.05) is 17.0 Å². The highest BCUT2D eigenvalue weighted by atomic mass is 32.2. The van der Waals surface area contributed by atoms with Crippen molar-refractivity contribution in [1.29, 1.82) is 0 Å². The lowest BCUT2D eigenvalue weighted by atomic mass is 10.4. The summed E-state index contributed by atoms with van der Waals surface area (Å²) in [7, 11) is -7.59. The molecule has 0 saturated heterocycles. The molecule has 0 saturated carbocycles. The summed E-state index contributed by atoms with van der Waals surface area (Å²) in [6.45, 7) is 0. The average molecular weight is 387 g/mol. The highest BCUT2D eigenvalue weighted by molar-refractivity contribution is 7.95. The van der Waals surface area contributed by atoms with Gasteiger partial charge in [0.15, 0.2) is 5.13 Å². The Labute approximate surface area is 141 Å². The normalized spacial score (nSPS) is 12.2. The summed E-state index contributed by atoms with van der Waals surface area (Å²) in [4.78, 5) is 3.92. The van der Waals surface area contributed by atoms with Crippen molar-refractivity contribution in [3.05, 3.63) is 53.4 Å². The Morgan fingerprint density at radius 2 is 1.70 bits per heavy atom. The van der Waals surface area contributed by atoms with E-state index in [2.05, 4.69) is 9.71 Å². The summed E-state index contributed by atoms with van der Waals surface area (Å²) >= 11 is 1.99. The molecule has 0 aliphatic heterocycles. The van der Waals surface area contributed by atoms with Crippen LogP contribution < -0.4 is 4.72 Å². The predicted molar refractivity (Wildman–Crippen MR) is 89.1 cm³/mol. The minimum atomic E-state index is -3.85. The number of hydrogen-bond acceptors (Lipinski definition) is 7. The number of benzene rings is 1. The van der Waals surface area contributed by atoms with Crippen LogP contribution in [-0.2, 0) is 19.9 Å². The second-order valence-corrected chi connectivity index (χ2v) is 10.0. The Morgan fingerprint density at radius 3 is 2.35 bits per heavy atom. The summed E-state index contributed by atoms with van der Waals surface area (Å²) in [5.74, 6) is 0. The zero-order valence-electron chi connectivity index (χ0n) is 11.4. The van der Waals surface area contributed by atoms with Crippen molar-refractivity contribution >= 4 is 47.7 Å². The Hall–Kier alpha value is -1.75. The molecule has 23 heavy (non-hydrogen) atoms. The fraction of sp³-hybridized carbons (Fsp3) is 0. The number of thiazole rings is 1. The molecule has 0 amide bonds. The SMILES string of the molecule is O=S(=O)(Nc1nccs1)c1cc(S(=O)(=O)c2ccccc2)cs1. The van der Waals surface area contributed by atoms with Crippen LogP contribution in [-0.4, -0.2) is 21.8 Å². The third kappa shape index (κ3) is 3.29. The summed E-state index contributed by atoms with van der Waals surface area (Å²) in [6.07, 6.45) is 1.47. The van der Waals surface area contributed by atoms with Gasteiger partial charge < -0.3 is 0 Å². The second-order valence-electron chi connectivity index (χ2n) is 4.36. The summed E-state index contributed by atoms with van der Waals surface area (Å²) in [5, 5.41) is 3.18. The van der Waals surface area contributed by atoms with Gasteiger partial charge in [0.05, 0.1) is 9.79 Å². The van der Waals surface area contributed by atoms with Crippen molar-refractivity contribution in [3.8, 4) is 0 Å². The fourth-order valence-electron chi connectivity index (χ4n) is 1.76. The van der Waals surface area contributed by atoms with Crippen LogP contribution >= 0.6 is 22.7 Å². The molecule has 6 nitrogen and oxygen atoms in total. The van der Waals surface area contributed by atoms with Crippen molar-refractivity contribution in [3.63, 3.8) is 0 Å². The first-order valence-corrected chi connectivity index (χ1v) is 10.9. The lowest BCUT2D eigenvalue weighted by Crippen LogP contribution is -2.11. The van der Waals surface area contributed by atoms with E-state index in [9.17, 15) is 16.8 Å². The van der Waals surface area contributed by atoms with Crippen LogP contribution in [0.3, 0.4) is 0 Å². The summed E-state index contributed by atoms with van der Waals surface area (Å²) < 4.78 is 51.7. The van der Waals surface area contributed by atoms with Crippen LogP contribution in [0.2, 0.25) is 0 Å². The van der Waals surface area contributed by atoms with E-state index in [-0.39, 0.29) is 19.1 Å². The number of hydrogen-bond donors (Lipinski definition) is 1. The first-order chi connectivity index (χ1) is 10.9. The summed E-state index contributed by atoms with van der Waals surface area (Å²) in [5.41, 5.74) is 0. The van der Waals surface area contributed by atoms with E-state index < -0.39 is 19.9 Å². The molecule has 1 N–H and O–H groups in total. The highest BCUT2D eigenvalue weighted by Crippen LogP contribution is 2.29. The second kappa shape index (κ2) is 6.04. The van der Waals surface area contributed by atoms with E-state index in [0.717, 1.165) is 28.7 Å². The molecule has 0 bridgehead atoms. The molecule has 120 valence electrons. The molecule has 0 fully saturated rings. The van der Waals surface area contributed by atoms with Crippen molar-refractivity contribution in [2.24, 2.45) is 0 Å². The largest absolute Gasteiger partial charge is 0.273 e. The van der Waals surface area contributed by atoms with E-state index in [1.165, 1.54) is 23.7 Å². The maximum atomic E-state index is 12.5. The maximum absolute atomic E-state index is 12.5. The number of sulfone groups is 1. The average Bonchev–Trinajstić information content (AvgIpc) is 3.19. The van der Waals surface area contributed by atoms with Crippen LogP contribution in [0.1, 0.15) is 0 Å². The molecule has 1 aromatic carbocycles. The third-order valence-electron chi connectivity index (χ3n) is 2.83. The van der Waals surface area contributed by atoms with Crippen molar-refractivity contribution in [2.75, 3.05) is 4.72 Å². The number of nitrogens with one attached hydrogen (secondary N) is 1. The molecule has 3 aromatic rings. The molecule has 10 heteroatoms. The number of anilines is 1. The molecule has 3 rings (SSSR count). The fourth-order valence-corrected chi connectivity index (χ4v) is 6.45. The monoisotopic (exact) mass is 386 g/mol. The van der Waals surface area contributed by atoms with Gasteiger partial charge in [0.25, 0.3) is 10.0 Å². The van der Waals surface area contributed by atoms with E-state index in [4.69, 9.17) is 0 Å². The maximum Gasteiger partial charge on any atom is 0.273 e. The van der Waals surface area contributed by atoms with Crippen molar-refractivity contribution < 1.29 is 16.8 Å². The predicted octanol–water partition coefficient (Wildman–Crippen LogP) is 2.84. The van der Waals surface area contributed by atoms with E-state index in [1.807, 2.05) is 0 Å². The zero-order valence-corrected chi connectivity index (χ0v) is 14.7. The molecular formula is C13H10N2O4S4. The number of thiophene rings is 1. The van der Waals surface area contributed by atoms with Crippen LogP contribution in [0.15, 0.2) is 67.4 Å². The minimum absolute atomic E-state index is 0.0480. The van der Waals surface area contributed by atoms with E-state index in [0.29, 0.717) is 0 Å². The van der Waals surface area contributed by atoms with Gasteiger partial charge in [0.1, 0.15) is 4.21 Å². The molecule has 0 aliphatic carbocycles. The Kier molecular flexibility index (Phi) is 4.23. The lowest BCUT2D eigenvalue weighted by molar-refractivity contribution is 0.596. The van der Waals surface area contributed by atoms with Crippen LogP contribution in [0, 0.1) is 0 Å². The molecule has 0 unspecified atom stereocenters. The van der Waals surface area contributed by atoms with Gasteiger partial charge in [-0.3, -0.25) is 4.72 Å². The first kappa shape index (κ1) is 16.1. The van der Waals surface area contributed by atoms with Gasteiger partial charge in [0.2, 0.25) is 9.84 Å². The van der Waals surface area contributed by atoms with Gasteiger partial charge in [-0.15, -0.1) is 22.7 Å². The highest BCUT2D eigenvalue weighted by Gasteiger charge is 2.24. The van der Waals surface area contributed by atoms with E-state index in [1.54, 1.807) is 23.6 Å². The standard InChI is InChI=1S/C13H10N2O4S4/c16-22(17,10-4-2-1-3-5-10)11-8-12(21-9-11)23(18,19)15-13-14-6-7-20-13/h1-9H,(H,14,15). The zero-order chi connectivity index (χ0) is 16.5. The third-order valence-corrected chi connectivity index (χ3v) is 8.33. The van der Waals surface area contributed by atoms with Crippen molar-refractivity contribution in [2.45, 2.75) is 14.0 Å². The molecule has 2 heterocycles. The van der Waals surface area contributed by atoms with Gasteiger partial charge in [-0.05, 0) is 18.2 Å². The van der Waals surface area contributed by atoms with Gasteiger partial charge in [-0.1, -0.05) is 18.2 Å². The Bertz CT molecular complexity index is 1010. The quantitative estimate of drug-likeness (QED) is 0.728. The topological polar surface area (TPSA) is 93.2 Å². The number of aromatic nitrogens is 1. The van der Waals surface area contributed by atoms with Crippen molar-refractivity contribution in [1.82, 2.24) is 4.98 Å². The molecular weight excluding hydrogens is 376 g/mol. The van der Waals surface area contributed by atoms with Crippen LogP contribution in [0.4, 0.5) is 5.13 Å². The molecule has 0 spiro atoms. The molecule has 0 aliphatic rings. The van der Waals surface area contributed by atoms with Crippen LogP contribution in [0.25, 0.3) is 0 Å². The Morgan fingerprint density at radius 1 is 0.957 bits per heavy atom. The molecule has 2 aromatic heterocycles. The number of nitrogens with zero attached hydrogens (tertiary/aromatic N) is 1. The summed E-state index contributed by atoms with van der Waals surface area (Å²) in [6, 6.07) is 9.02. The molecule has 0 atom stereocenters. The van der Waals surface area contributed by atoms with Crippen LogP contribution in [0.5, 0.6) is 0 Å². The smallest absolute Gasteiger partial charge is 0.254 e. The first-order valence-electron chi connectivity index (χ1n) is 6.20. The minimum Gasteiger partial charge on any atom is -0.254 e. The van der Waals surface area contributed by atoms with Gasteiger partial charge >= 0.3 is 0 Å². The number of rotatable bonds is 5. The Balaban J connectivity index is 1.95. The van der Waals surface area contributed by atoms with E-state index >= 15 is 0 Å². The van der Waals surface area contributed by atoms with Gasteiger partial charge in [-0.2, -0.15) is 0 Å². The lowest BCUT2D eigenvalue weighted by Gasteiger charge is -2.02. The van der Waals surface area contributed by atoms with Gasteiger partial charge in [-0.25, -0.2) is 21.8 Å².